The summed E-state index contributed by atoms with van der Waals surface area (Å²) in [5.74, 6) is -0.644. The Kier molecular flexibility index (Phi) is 5.85. The summed E-state index contributed by atoms with van der Waals surface area (Å²) in [4.78, 5) is 35.9. The van der Waals surface area contributed by atoms with E-state index in [0.29, 0.717) is 0 Å². The maximum Gasteiger partial charge on any atom is 0.402 e. The SMILES string of the molecule is O=C(Cn1ccc(=O)[nH]c1=O)Nc1ccc(S(=O)(=O)NCC(F)(F)F)cc1. The van der Waals surface area contributed by atoms with Gasteiger partial charge >= 0.3 is 11.9 Å². The number of alkyl halides is 3. The van der Waals surface area contributed by atoms with Gasteiger partial charge in [0.05, 0.1) is 4.90 Å². The fraction of sp³-hybridized carbons (Fsp3) is 0.214. The lowest BCUT2D eigenvalue weighted by Gasteiger charge is -2.10. The number of aromatic amines is 1. The number of benzene rings is 1. The first-order valence-electron chi connectivity index (χ1n) is 7.22. The summed E-state index contributed by atoms with van der Waals surface area (Å²) >= 11 is 0. The molecule has 0 unspecified atom stereocenters. The molecule has 2 rings (SSSR count). The van der Waals surface area contributed by atoms with Crippen molar-refractivity contribution in [1.29, 1.82) is 0 Å². The average molecular weight is 406 g/mol. The highest BCUT2D eigenvalue weighted by Gasteiger charge is 2.30. The molecule has 0 bridgehead atoms. The molecule has 0 fully saturated rings. The van der Waals surface area contributed by atoms with Crippen LogP contribution in [0.1, 0.15) is 0 Å². The Morgan fingerprint density at radius 3 is 2.30 bits per heavy atom. The molecule has 0 spiro atoms. The largest absolute Gasteiger partial charge is 0.402 e. The molecule has 1 amide bonds. The minimum Gasteiger partial charge on any atom is -0.325 e. The lowest BCUT2D eigenvalue weighted by atomic mass is 10.3. The van der Waals surface area contributed by atoms with Gasteiger partial charge in [0.1, 0.15) is 13.1 Å². The molecule has 1 heterocycles. The van der Waals surface area contributed by atoms with Gasteiger partial charge in [-0.15, -0.1) is 0 Å². The zero-order valence-corrected chi connectivity index (χ0v) is 14.2. The zero-order valence-electron chi connectivity index (χ0n) is 13.4. The van der Waals surface area contributed by atoms with Gasteiger partial charge in [0.15, 0.2) is 0 Å². The molecule has 0 atom stereocenters. The van der Waals surface area contributed by atoms with E-state index in [-0.39, 0.29) is 5.69 Å². The van der Waals surface area contributed by atoms with Crippen LogP contribution in [0.4, 0.5) is 18.9 Å². The molecular weight excluding hydrogens is 393 g/mol. The molecule has 0 aliphatic carbocycles. The van der Waals surface area contributed by atoms with E-state index < -0.39 is 51.3 Å². The monoisotopic (exact) mass is 406 g/mol. The first-order valence-corrected chi connectivity index (χ1v) is 8.71. The van der Waals surface area contributed by atoms with Crippen molar-refractivity contribution in [3.05, 3.63) is 57.4 Å². The molecule has 9 nitrogen and oxygen atoms in total. The maximum absolute atomic E-state index is 12.1. The highest BCUT2D eigenvalue weighted by atomic mass is 32.2. The maximum atomic E-state index is 12.1. The van der Waals surface area contributed by atoms with Crippen molar-refractivity contribution in [3.63, 3.8) is 0 Å². The van der Waals surface area contributed by atoms with Gasteiger partial charge in [-0.1, -0.05) is 0 Å². The minimum absolute atomic E-state index is 0.159. The van der Waals surface area contributed by atoms with Gasteiger partial charge in [-0.25, -0.2) is 17.9 Å². The van der Waals surface area contributed by atoms with Crippen molar-refractivity contribution in [1.82, 2.24) is 14.3 Å². The van der Waals surface area contributed by atoms with Gasteiger partial charge in [-0.05, 0) is 24.3 Å². The molecule has 2 aromatic rings. The van der Waals surface area contributed by atoms with Crippen LogP contribution in [-0.4, -0.2) is 36.6 Å². The predicted octanol–water partition coefficient (Wildman–Crippen LogP) is 0.0159. The number of nitrogens with zero attached hydrogens (tertiary/aromatic N) is 1. The third kappa shape index (κ3) is 6.07. The number of aromatic nitrogens is 2. The number of hydrogen-bond acceptors (Lipinski definition) is 5. The quantitative estimate of drug-likeness (QED) is 0.623. The zero-order chi connectivity index (χ0) is 20.2. The fourth-order valence-corrected chi connectivity index (χ4v) is 2.92. The van der Waals surface area contributed by atoms with Gasteiger partial charge < -0.3 is 5.32 Å². The smallest absolute Gasteiger partial charge is 0.325 e. The van der Waals surface area contributed by atoms with Crippen LogP contribution in [0.3, 0.4) is 0 Å². The lowest BCUT2D eigenvalue weighted by molar-refractivity contribution is -0.121. The summed E-state index contributed by atoms with van der Waals surface area (Å²) < 4.78 is 62.2. The van der Waals surface area contributed by atoms with E-state index in [1.807, 2.05) is 4.98 Å². The van der Waals surface area contributed by atoms with Crippen LogP contribution in [0, 0.1) is 0 Å². The molecule has 146 valence electrons. The molecule has 13 heteroatoms. The third-order valence-corrected chi connectivity index (χ3v) is 4.54. The summed E-state index contributed by atoms with van der Waals surface area (Å²) in [6.07, 6.45) is -3.57. The standard InChI is InChI=1S/C14H13F3N4O5S/c15-14(16,17)8-18-27(25,26)10-3-1-9(2-4-10)19-12(23)7-21-6-5-11(22)20-13(21)24/h1-6,18H,7-8H2,(H,19,23)(H,20,22,24). The second-order valence-corrected chi connectivity index (χ2v) is 7.02. The first kappa shape index (κ1) is 20.4. The Morgan fingerprint density at radius 2 is 1.74 bits per heavy atom. The van der Waals surface area contributed by atoms with E-state index in [4.69, 9.17) is 0 Å². The number of carbonyl (C=O) groups is 1. The summed E-state index contributed by atoms with van der Waals surface area (Å²) in [6.45, 7) is -2.12. The number of H-pyrrole nitrogens is 1. The van der Waals surface area contributed by atoms with Crippen LogP contribution >= 0.6 is 0 Å². The van der Waals surface area contributed by atoms with E-state index in [2.05, 4.69) is 5.32 Å². The fourth-order valence-electron chi connectivity index (χ4n) is 1.90. The normalized spacial score (nSPS) is 12.0. The predicted molar refractivity (Wildman–Crippen MR) is 87.6 cm³/mol. The number of halogens is 3. The number of carbonyl (C=O) groups excluding carboxylic acids is 1. The lowest BCUT2D eigenvalue weighted by Crippen LogP contribution is -2.33. The molecule has 1 aromatic carbocycles. The Bertz CT molecular complexity index is 1040. The van der Waals surface area contributed by atoms with Gasteiger partial charge in [0.2, 0.25) is 15.9 Å². The molecule has 27 heavy (non-hydrogen) atoms. The van der Waals surface area contributed by atoms with E-state index in [1.54, 1.807) is 0 Å². The molecule has 0 saturated heterocycles. The van der Waals surface area contributed by atoms with E-state index in [0.717, 1.165) is 29.0 Å². The number of sulfonamides is 1. The minimum atomic E-state index is -4.69. The van der Waals surface area contributed by atoms with Gasteiger partial charge in [0.25, 0.3) is 5.56 Å². The number of hydrogen-bond donors (Lipinski definition) is 3. The van der Waals surface area contributed by atoms with Crippen molar-refractivity contribution < 1.29 is 26.4 Å². The number of amides is 1. The molecule has 0 aliphatic rings. The second kappa shape index (κ2) is 7.75. The van der Waals surface area contributed by atoms with Gasteiger partial charge in [0, 0.05) is 18.0 Å². The number of nitrogens with one attached hydrogen (secondary N) is 3. The molecular formula is C14H13F3N4O5S. The van der Waals surface area contributed by atoms with Crippen LogP contribution in [0.25, 0.3) is 0 Å². The summed E-state index contributed by atoms with van der Waals surface area (Å²) in [7, 11) is -4.36. The Morgan fingerprint density at radius 1 is 1.11 bits per heavy atom. The van der Waals surface area contributed by atoms with Crippen LogP contribution in [0.5, 0.6) is 0 Å². The first-order chi connectivity index (χ1) is 12.5. The van der Waals surface area contributed by atoms with Crippen molar-refractivity contribution in [2.45, 2.75) is 17.6 Å². The highest BCUT2D eigenvalue weighted by molar-refractivity contribution is 7.89. The van der Waals surface area contributed by atoms with E-state index >= 15 is 0 Å². The van der Waals surface area contributed by atoms with Crippen molar-refractivity contribution >= 4 is 21.6 Å². The van der Waals surface area contributed by atoms with Crippen LogP contribution in [0.2, 0.25) is 0 Å². The topological polar surface area (TPSA) is 130 Å². The van der Waals surface area contributed by atoms with Gasteiger partial charge in [-0.2, -0.15) is 13.2 Å². The van der Waals surface area contributed by atoms with Gasteiger partial charge in [-0.3, -0.25) is 19.1 Å². The Hall–Kier alpha value is -2.93. The van der Waals surface area contributed by atoms with E-state index in [1.165, 1.54) is 16.9 Å². The number of anilines is 1. The molecule has 1 aromatic heterocycles. The Labute approximate surface area is 149 Å². The summed E-state index contributed by atoms with van der Waals surface area (Å²) in [5.41, 5.74) is -1.24. The van der Waals surface area contributed by atoms with Crippen molar-refractivity contribution in [2.75, 3.05) is 11.9 Å². The summed E-state index contributed by atoms with van der Waals surface area (Å²) in [6, 6.07) is 5.44. The average Bonchev–Trinajstić information content (AvgIpc) is 2.56. The van der Waals surface area contributed by atoms with Crippen molar-refractivity contribution in [3.8, 4) is 0 Å². The van der Waals surface area contributed by atoms with Crippen LogP contribution < -0.4 is 21.3 Å². The molecule has 0 aliphatic heterocycles. The van der Waals surface area contributed by atoms with E-state index in [9.17, 15) is 36.0 Å². The van der Waals surface area contributed by atoms with Crippen LogP contribution in [-0.2, 0) is 21.4 Å². The molecule has 0 saturated carbocycles. The molecule has 3 N–H and O–H groups in total. The highest BCUT2D eigenvalue weighted by Crippen LogP contribution is 2.17. The third-order valence-electron chi connectivity index (χ3n) is 3.12. The van der Waals surface area contributed by atoms with Crippen LogP contribution in [0.15, 0.2) is 51.0 Å². The van der Waals surface area contributed by atoms with Crippen molar-refractivity contribution in [2.24, 2.45) is 0 Å². The Balaban J connectivity index is 2.03. The molecule has 0 radical (unpaired) electrons. The summed E-state index contributed by atoms with van der Waals surface area (Å²) in [5, 5.41) is 2.38. The second-order valence-electron chi connectivity index (χ2n) is 5.25. The number of rotatable bonds is 6.